The second-order valence-corrected chi connectivity index (χ2v) is 2.22. The molecule has 10 heavy (non-hydrogen) atoms. The van der Waals surface area contributed by atoms with Gasteiger partial charge >= 0.3 is 0 Å². The Bertz CT molecular complexity index is 188. The van der Waals surface area contributed by atoms with Crippen molar-refractivity contribution in [2.45, 2.75) is 13.3 Å². The fraction of sp³-hybridized carbons (Fsp3) is 0.200. The third-order valence-electron chi connectivity index (χ3n) is 1.35. The van der Waals surface area contributed by atoms with Crippen LogP contribution in [-0.2, 0) is 0 Å². The van der Waals surface area contributed by atoms with E-state index in [1.807, 2.05) is 12.2 Å². The Hall–Kier alpha value is -1.04. The van der Waals surface area contributed by atoms with Crippen LogP contribution >= 0.6 is 0 Å². The van der Waals surface area contributed by atoms with Gasteiger partial charge in [-0.2, -0.15) is 0 Å². The minimum absolute atomic E-state index is 1.11. The molecule has 0 aromatic heterocycles. The van der Waals surface area contributed by atoms with Crippen LogP contribution < -0.4 is 0 Å². The van der Waals surface area contributed by atoms with Gasteiger partial charge in [-0.15, -0.1) is 0 Å². The molecular weight excluding hydrogens is 120 g/mol. The summed E-state index contributed by atoms with van der Waals surface area (Å²) in [5.74, 6) is 0. The largest absolute Gasteiger partial charge is 0.0848 e. The zero-order chi connectivity index (χ0) is 7.23. The molecule has 0 bridgehead atoms. The first-order chi connectivity index (χ1) is 4.93. The van der Waals surface area contributed by atoms with Crippen molar-refractivity contribution < 1.29 is 0 Å². The Morgan fingerprint density at radius 1 is 1.30 bits per heavy atom. The quantitative estimate of drug-likeness (QED) is 0.541. The zero-order valence-corrected chi connectivity index (χ0v) is 6.25. The zero-order valence-electron chi connectivity index (χ0n) is 6.25. The average Bonchev–Trinajstić information content (AvgIpc) is 2.41. The summed E-state index contributed by atoms with van der Waals surface area (Å²) < 4.78 is 0. The lowest BCUT2D eigenvalue weighted by molar-refractivity contribution is 1.22. The first-order valence-corrected chi connectivity index (χ1v) is 3.65. The smallest absolute Gasteiger partial charge is 0.0257 e. The number of hydrogen-bond acceptors (Lipinski definition) is 0. The molecule has 0 unspecified atom stereocenters. The van der Waals surface area contributed by atoms with Crippen molar-refractivity contribution >= 4 is 0 Å². The van der Waals surface area contributed by atoms with Crippen LogP contribution in [0.15, 0.2) is 48.1 Å². The number of allylic oxidation sites excluding steroid dienone is 8. The molecule has 1 aliphatic rings. The molecule has 0 N–H and O–H groups in total. The highest BCUT2D eigenvalue weighted by molar-refractivity contribution is 5.41. The minimum Gasteiger partial charge on any atom is -0.0848 e. The van der Waals surface area contributed by atoms with Crippen molar-refractivity contribution in [1.82, 2.24) is 0 Å². The van der Waals surface area contributed by atoms with E-state index in [9.17, 15) is 0 Å². The molecule has 0 radical (unpaired) electrons. The molecule has 1 aliphatic carbocycles. The van der Waals surface area contributed by atoms with Crippen LogP contribution in [-0.4, -0.2) is 0 Å². The molecule has 0 aliphatic heterocycles. The van der Waals surface area contributed by atoms with E-state index in [1.54, 1.807) is 0 Å². The van der Waals surface area contributed by atoms with Gasteiger partial charge in [-0.05, 0) is 12.0 Å². The van der Waals surface area contributed by atoms with Gasteiger partial charge in [0.25, 0.3) is 0 Å². The van der Waals surface area contributed by atoms with E-state index in [0.717, 1.165) is 6.42 Å². The molecule has 0 aromatic carbocycles. The van der Waals surface area contributed by atoms with E-state index in [-0.39, 0.29) is 0 Å². The molecule has 0 atom stereocenters. The lowest BCUT2D eigenvalue weighted by Gasteiger charge is -1.82. The van der Waals surface area contributed by atoms with Gasteiger partial charge in [-0.25, -0.2) is 0 Å². The van der Waals surface area contributed by atoms with Gasteiger partial charge in [0.15, 0.2) is 0 Å². The summed E-state index contributed by atoms with van der Waals surface area (Å²) in [6, 6.07) is 0. The maximum absolute atomic E-state index is 2.15. The van der Waals surface area contributed by atoms with Gasteiger partial charge in [-0.1, -0.05) is 49.5 Å². The normalized spacial score (nSPS) is 15.5. The van der Waals surface area contributed by atoms with Gasteiger partial charge in [0.2, 0.25) is 0 Å². The Morgan fingerprint density at radius 3 is 2.60 bits per heavy atom. The average molecular weight is 132 g/mol. The SMILES string of the molecule is CCC=CC=C1C=CC=C1. The number of hydrogen-bond donors (Lipinski definition) is 0. The third kappa shape index (κ3) is 2.06. The summed E-state index contributed by atoms with van der Waals surface area (Å²) in [5, 5.41) is 0. The molecule has 0 fully saturated rings. The van der Waals surface area contributed by atoms with Crippen molar-refractivity contribution in [3.63, 3.8) is 0 Å². The van der Waals surface area contributed by atoms with Crippen LogP contribution in [0.4, 0.5) is 0 Å². The third-order valence-corrected chi connectivity index (χ3v) is 1.35. The van der Waals surface area contributed by atoms with Crippen LogP contribution in [0.5, 0.6) is 0 Å². The van der Waals surface area contributed by atoms with E-state index in [4.69, 9.17) is 0 Å². The van der Waals surface area contributed by atoms with Crippen molar-refractivity contribution in [2.24, 2.45) is 0 Å². The Morgan fingerprint density at radius 2 is 2.00 bits per heavy atom. The monoisotopic (exact) mass is 132 g/mol. The maximum atomic E-state index is 2.15. The van der Waals surface area contributed by atoms with E-state index in [2.05, 4.69) is 37.3 Å². The van der Waals surface area contributed by atoms with Crippen molar-refractivity contribution in [3.05, 3.63) is 48.1 Å². The predicted octanol–water partition coefficient (Wildman–Crippen LogP) is 3.01. The molecule has 0 saturated heterocycles. The highest BCUT2D eigenvalue weighted by Crippen LogP contribution is 2.06. The fourth-order valence-electron chi connectivity index (χ4n) is 0.815. The lowest BCUT2D eigenvalue weighted by Crippen LogP contribution is -1.62. The first kappa shape index (κ1) is 7.07. The highest BCUT2D eigenvalue weighted by Gasteiger charge is 1.86. The summed E-state index contributed by atoms with van der Waals surface area (Å²) in [6.45, 7) is 2.13. The summed E-state index contributed by atoms with van der Waals surface area (Å²) in [4.78, 5) is 0. The Labute approximate surface area is 62.3 Å². The molecule has 0 amide bonds. The summed E-state index contributed by atoms with van der Waals surface area (Å²) in [7, 11) is 0. The van der Waals surface area contributed by atoms with Gasteiger partial charge in [0, 0.05) is 0 Å². The van der Waals surface area contributed by atoms with E-state index >= 15 is 0 Å². The Balaban J connectivity index is 2.48. The second-order valence-electron chi connectivity index (χ2n) is 2.22. The molecule has 1 rings (SSSR count). The van der Waals surface area contributed by atoms with Crippen molar-refractivity contribution in [3.8, 4) is 0 Å². The lowest BCUT2D eigenvalue weighted by atomic mass is 10.2. The van der Waals surface area contributed by atoms with Gasteiger partial charge in [-0.3, -0.25) is 0 Å². The predicted molar refractivity (Wildman–Crippen MR) is 45.8 cm³/mol. The highest BCUT2D eigenvalue weighted by atomic mass is 13.9. The summed E-state index contributed by atoms with van der Waals surface area (Å²) in [5.41, 5.74) is 1.28. The van der Waals surface area contributed by atoms with Crippen LogP contribution in [0.25, 0.3) is 0 Å². The molecular formula is C10H12. The topological polar surface area (TPSA) is 0 Å². The maximum Gasteiger partial charge on any atom is -0.0257 e. The van der Waals surface area contributed by atoms with E-state index in [1.165, 1.54) is 5.57 Å². The molecule has 0 aromatic rings. The molecule has 0 spiro atoms. The Kier molecular flexibility index (Phi) is 2.75. The molecule has 0 saturated carbocycles. The first-order valence-electron chi connectivity index (χ1n) is 3.65. The minimum atomic E-state index is 1.11. The van der Waals surface area contributed by atoms with E-state index in [0.29, 0.717) is 0 Å². The molecule has 0 heterocycles. The van der Waals surface area contributed by atoms with Crippen molar-refractivity contribution in [2.75, 3.05) is 0 Å². The van der Waals surface area contributed by atoms with Crippen LogP contribution in [0.2, 0.25) is 0 Å². The second kappa shape index (κ2) is 3.89. The van der Waals surface area contributed by atoms with Gasteiger partial charge in [0.05, 0.1) is 0 Å². The number of rotatable bonds is 2. The van der Waals surface area contributed by atoms with Gasteiger partial charge in [0.1, 0.15) is 0 Å². The van der Waals surface area contributed by atoms with Gasteiger partial charge < -0.3 is 0 Å². The fourth-order valence-corrected chi connectivity index (χ4v) is 0.815. The van der Waals surface area contributed by atoms with Crippen LogP contribution in [0.1, 0.15) is 13.3 Å². The molecule has 52 valence electrons. The van der Waals surface area contributed by atoms with Crippen LogP contribution in [0, 0.1) is 0 Å². The molecule has 0 nitrogen and oxygen atoms in total. The van der Waals surface area contributed by atoms with Crippen LogP contribution in [0.3, 0.4) is 0 Å². The summed E-state index contributed by atoms with van der Waals surface area (Å²) in [6.07, 6.45) is 15.8. The standard InChI is InChI=1S/C10H12/c1-2-3-4-7-10-8-5-6-9-10/h3-9H,2H2,1H3. The van der Waals surface area contributed by atoms with E-state index < -0.39 is 0 Å². The van der Waals surface area contributed by atoms with Crippen molar-refractivity contribution in [1.29, 1.82) is 0 Å². The summed E-state index contributed by atoms with van der Waals surface area (Å²) >= 11 is 0. The molecule has 0 heteroatoms.